The molecule has 2 N–H and O–H groups in total. The summed E-state index contributed by atoms with van der Waals surface area (Å²) in [5, 5.41) is 5.28. The highest BCUT2D eigenvalue weighted by atomic mass is 19.4. The maximum atomic E-state index is 15.2. The zero-order valence-electron chi connectivity index (χ0n) is 19.9. The van der Waals surface area contributed by atoms with Crippen molar-refractivity contribution in [3.8, 4) is 0 Å². The second-order valence-electron chi connectivity index (χ2n) is 8.57. The van der Waals surface area contributed by atoms with Crippen molar-refractivity contribution in [2.24, 2.45) is 16.8 Å². The molecule has 0 bridgehead atoms. The monoisotopic (exact) mass is 527 g/mol. The number of hydrogen-bond acceptors (Lipinski definition) is 3. The van der Waals surface area contributed by atoms with Gasteiger partial charge in [-0.15, -0.1) is 0 Å². The van der Waals surface area contributed by atoms with E-state index in [1.165, 1.54) is 12.3 Å². The molecule has 0 spiro atoms. The Bertz CT molecular complexity index is 1220. The van der Waals surface area contributed by atoms with Gasteiger partial charge >= 0.3 is 12.4 Å². The van der Waals surface area contributed by atoms with Crippen molar-refractivity contribution in [2.75, 3.05) is 0 Å². The first-order valence-electron chi connectivity index (χ1n) is 11.3. The van der Waals surface area contributed by atoms with Crippen molar-refractivity contribution >= 4 is 11.6 Å². The quantitative estimate of drug-likeness (QED) is 0.326. The topological polar surface area (TPSA) is 58.7 Å². The second kappa shape index (κ2) is 10.8. The number of amides is 1. The third-order valence-electron chi connectivity index (χ3n) is 5.88. The predicted octanol–water partition coefficient (Wildman–Crippen LogP) is 7.17. The van der Waals surface area contributed by atoms with Crippen LogP contribution in [0.1, 0.15) is 49.8 Å². The van der Waals surface area contributed by atoms with E-state index in [9.17, 15) is 31.1 Å². The number of hydrazone groups is 1. The first kappa shape index (κ1) is 27.9. The number of alkyl halides is 6. The summed E-state index contributed by atoms with van der Waals surface area (Å²) in [6.07, 6.45) is -0.423. The van der Waals surface area contributed by atoms with Gasteiger partial charge in [-0.3, -0.25) is 4.79 Å². The number of hydrogen-bond donors (Lipinski definition) is 1. The first-order chi connectivity index (χ1) is 17.2. The van der Waals surface area contributed by atoms with E-state index in [1.54, 1.807) is 32.1 Å². The van der Waals surface area contributed by atoms with Crippen LogP contribution in [0.4, 0.5) is 30.7 Å². The average Bonchev–Trinajstić information content (AvgIpc) is 3.11. The number of benzene rings is 1. The van der Waals surface area contributed by atoms with Crippen LogP contribution in [-0.2, 0) is 17.1 Å². The van der Waals surface area contributed by atoms with Gasteiger partial charge in [0.1, 0.15) is 5.83 Å². The van der Waals surface area contributed by atoms with Gasteiger partial charge in [0, 0.05) is 23.9 Å². The molecule has 1 unspecified atom stereocenters. The number of primary amides is 1. The molecule has 0 saturated carbocycles. The van der Waals surface area contributed by atoms with Gasteiger partial charge in [0.15, 0.2) is 0 Å². The number of carbonyl (C=O) groups excluding carboxylic acids is 1. The third kappa shape index (κ3) is 6.58. The molecule has 1 heterocycles. The van der Waals surface area contributed by atoms with E-state index in [2.05, 4.69) is 5.10 Å². The van der Waals surface area contributed by atoms with Crippen LogP contribution >= 0.6 is 0 Å². The lowest BCUT2D eigenvalue weighted by Crippen LogP contribution is -2.20. The van der Waals surface area contributed by atoms with Gasteiger partial charge in [0.2, 0.25) is 0 Å². The Labute approximate surface area is 209 Å². The molecule has 11 heteroatoms. The number of rotatable bonds is 5. The minimum absolute atomic E-state index is 0.0407. The summed E-state index contributed by atoms with van der Waals surface area (Å²) in [6.45, 7) is 3.34. The average molecular weight is 527 g/mol. The molecule has 3 rings (SSSR count). The highest BCUT2D eigenvalue weighted by Gasteiger charge is 2.37. The Balaban J connectivity index is 2.17. The summed E-state index contributed by atoms with van der Waals surface area (Å²) in [5.41, 5.74) is 2.18. The molecule has 0 fully saturated rings. The molecule has 1 aliphatic carbocycles. The number of halogens is 7. The van der Waals surface area contributed by atoms with Gasteiger partial charge in [-0.25, -0.2) is 9.40 Å². The lowest BCUT2D eigenvalue weighted by Gasteiger charge is -2.19. The Hall–Kier alpha value is -3.63. The second-order valence-corrected chi connectivity index (χ2v) is 8.57. The van der Waals surface area contributed by atoms with Gasteiger partial charge in [-0.2, -0.15) is 31.4 Å². The number of carbonyl (C=O) groups is 1. The van der Waals surface area contributed by atoms with Gasteiger partial charge in [-0.1, -0.05) is 38.2 Å². The molecular weight excluding hydrogens is 503 g/mol. The number of nitrogens with two attached hydrogens (primary N) is 1. The lowest BCUT2D eigenvalue weighted by molar-refractivity contribution is -0.143. The summed E-state index contributed by atoms with van der Waals surface area (Å²) in [4.78, 5) is 12.3. The molecule has 198 valence electrons. The number of nitrogens with zero attached hydrogens (tertiary/aromatic N) is 2. The summed E-state index contributed by atoms with van der Waals surface area (Å²) in [5.74, 6) is -2.21. The number of allylic oxidation sites excluding steroid dienone is 6. The van der Waals surface area contributed by atoms with Crippen LogP contribution < -0.4 is 5.73 Å². The van der Waals surface area contributed by atoms with Gasteiger partial charge < -0.3 is 5.73 Å². The van der Waals surface area contributed by atoms with E-state index < -0.39 is 41.1 Å². The van der Waals surface area contributed by atoms with Crippen LogP contribution in [0.3, 0.4) is 0 Å². The molecule has 4 nitrogen and oxygen atoms in total. The zero-order chi connectivity index (χ0) is 27.5. The molecule has 1 aliphatic heterocycles. The lowest BCUT2D eigenvalue weighted by atomic mass is 9.93. The van der Waals surface area contributed by atoms with E-state index in [0.717, 1.165) is 11.2 Å². The SMILES string of the molecule is CCC1=C(F)C(C(=CN2C=CCC(C)C(c3cc(C(F)(F)F)cc(C(F)(F)F)c3)=N2)C(N)=O)=CC=CC1. The summed E-state index contributed by atoms with van der Waals surface area (Å²) in [6, 6.07) is 1.24. The standard InChI is InChI=1S/C26H24F7N3O/c1-3-16-8-4-5-9-20(22(16)27)21(24(34)37)14-36-10-6-7-15(2)23(35-36)17-11-18(25(28,29)30)13-19(12-17)26(31,32)33/h4-6,9-15H,3,7-8H2,1-2H3,(H2,34,37). The van der Waals surface area contributed by atoms with Crippen molar-refractivity contribution in [2.45, 2.75) is 45.5 Å². The summed E-state index contributed by atoms with van der Waals surface area (Å²) < 4.78 is 95.6. The fourth-order valence-electron chi connectivity index (χ4n) is 3.89. The molecule has 1 aromatic rings. The van der Waals surface area contributed by atoms with Gasteiger partial charge in [0.05, 0.1) is 22.4 Å². The highest BCUT2D eigenvalue weighted by Crippen LogP contribution is 2.37. The fourth-order valence-corrected chi connectivity index (χ4v) is 3.89. The van der Waals surface area contributed by atoms with E-state index in [-0.39, 0.29) is 34.9 Å². The minimum Gasteiger partial charge on any atom is -0.366 e. The summed E-state index contributed by atoms with van der Waals surface area (Å²) in [7, 11) is 0. The third-order valence-corrected chi connectivity index (χ3v) is 5.88. The van der Waals surface area contributed by atoms with E-state index in [0.29, 0.717) is 30.5 Å². The molecule has 2 aliphatic rings. The van der Waals surface area contributed by atoms with Crippen LogP contribution in [0.25, 0.3) is 0 Å². The van der Waals surface area contributed by atoms with Gasteiger partial charge in [0.25, 0.3) is 5.91 Å². The minimum atomic E-state index is -5.03. The van der Waals surface area contributed by atoms with Gasteiger partial charge in [-0.05, 0) is 48.6 Å². The molecule has 1 aromatic carbocycles. The molecule has 0 radical (unpaired) electrons. The maximum Gasteiger partial charge on any atom is 0.416 e. The Morgan fingerprint density at radius 3 is 2.27 bits per heavy atom. The van der Waals surface area contributed by atoms with Crippen molar-refractivity contribution in [1.82, 2.24) is 5.01 Å². The van der Waals surface area contributed by atoms with Crippen molar-refractivity contribution in [1.29, 1.82) is 0 Å². The van der Waals surface area contributed by atoms with E-state index in [4.69, 9.17) is 5.73 Å². The van der Waals surface area contributed by atoms with E-state index >= 15 is 4.39 Å². The zero-order valence-corrected chi connectivity index (χ0v) is 19.9. The molecular formula is C26H24F7N3O. The molecule has 1 amide bonds. The predicted molar refractivity (Wildman–Crippen MR) is 125 cm³/mol. The van der Waals surface area contributed by atoms with Crippen LogP contribution in [0.5, 0.6) is 0 Å². The molecule has 0 saturated heterocycles. The van der Waals surface area contributed by atoms with Crippen molar-refractivity contribution in [3.63, 3.8) is 0 Å². The fraction of sp³-hybridized carbons (Fsp3) is 0.308. The van der Waals surface area contributed by atoms with Crippen LogP contribution in [0, 0.1) is 5.92 Å². The van der Waals surface area contributed by atoms with Crippen molar-refractivity contribution < 1.29 is 35.5 Å². The largest absolute Gasteiger partial charge is 0.416 e. The van der Waals surface area contributed by atoms with Crippen LogP contribution in [-0.4, -0.2) is 16.6 Å². The normalized spacial score (nSPS) is 19.4. The smallest absolute Gasteiger partial charge is 0.366 e. The van der Waals surface area contributed by atoms with Crippen LogP contribution in [0.15, 0.2) is 82.6 Å². The Kier molecular flexibility index (Phi) is 8.14. The van der Waals surface area contributed by atoms with E-state index in [1.807, 2.05) is 0 Å². The molecule has 37 heavy (non-hydrogen) atoms. The Morgan fingerprint density at radius 1 is 1.11 bits per heavy atom. The molecule has 1 atom stereocenters. The Morgan fingerprint density at radius 2 is 1.73 bits per heavy atom. The summed E-state index contributed by atoms with van der Waals surface area (Å²) >= 11 is 0. The molecule has 0 aromatic heterocycles. The maximum absolute atomic E-state index is 15.2. The van der Waals surface area contributed by atoms with Crippen molar-refractivity contribution in [3.05, 3.63) is 94.1 Å². The van der Waals surface area contributed by atoms with Crippen LogP contribution in [0.2, 0.25) is 0 Å². The first-order valence-corrected chi connectivity index (χ1v) is 11.3. The highest BCUT2D eigenvalue weighted by molar-refractivity contribution is 6.03.